The fourth-order valence-corrected chi connectivity index (χ4v) is 6.15. The Morgan fingerprint density at radius 2 is 1.71 bits per heavy atom. The van der Waals surface area contributed by atoms with Gasteiger partial charge in [-0.05, 0) is 25.7 Å². The minimum Gasteiger partial charge on any atom is -0.369 e. The van der Waals surface area contributed by atoms with E-state index in [9.17, 15) is 9.18 Å². The van der Waals surface area contributed by atoms with Gasteiger partial charge in [0.05, 0.1) is 18.1 Å². The van der Waals surface area contributed by atoms with E-state index in [1.165, 1.54) is 25.1 Å². The van der Waals surface area contributed by atoms with Crippen molar-refractivity contribution in [2.75, 3.05) is 44.2 Å². The summed E-state index contributed by atoms with van der Waals surface area (Å²) in [4.78, 5) is 27.6. The molecule has 0 unspecified atom stereocenters. The van der Waals surface area contributed by atoms with Crippen LogP contribution in [0.3, 0.4) is 0 Å². The molecule has 0 aromatic carbocycles. The SMILES string of the molecule is O=C(N1CC2(CC(c3n[nH]c(C4CC4)n3)C2)C1)N1CC2(C1)CN(c1cncc(F)c1)C2. The van der Waals surface area contributed by atoms with Crippen LogP contribution in [0.1, 0.15) is 49.2 Å². The molecule has 31 heavy (non-hydrogen) atoms. The molecular formula is C22H26FN7O. The number of hydrogen-bond donors (Lipinski definition) is 1. The number of halogens is 1. The maximum Gasteiger partial charge on any atom is 0.320 e. The summed E-state index contributed by atoms with van der Waals surface area (Å²) in [5.74, 6) is 2.80. The lowest BCUT2D eigenvalue weighted by Gasteiger charge is -2.64. The van der Waals surface area contributed by atoms with Gasteiger partial charge in [-0.25, -0.2) is 14.2 Å². The van der Waals surface area contributed by atoms with Crippen LogP contribution in [0.25, 0.3) is 0 Å². The summed E-state index contributed by atoms with van der Waals surface area (Å²) in [6, 6.07) is 1.71. The molecule has 0 bridgehead atoms. The van der Waals surface area contributed by atoms with Crippen LogP contribution in [0.5, 0.6) is 0 Å². The lowest BCUT2D eigenvalue weighted by atomic mass is 9.57. The van der Waals surface area contributed by atoms with E-state index in [1.54, 1.807) is 6.20 Å². The molecule has 2 aromatic heterocycles. The molecule has 8 nitrogen and oxygen atoms in total. The van der Waals surface area contributed by atoms with Crippen molar-refractivity contribution in [2.45, 2.75) is 37.5 Å². The van der Waals surface area contributed by atoms with E-state index in [1.807, 2.05) is 9.80 Å². The van der Waals surface area contributed by atoms with Gasteiger partial charge < -0.3 is 14.7 Å². The average Bonchev–Trinajstić information content (AvgIpc) is 3.35. The molecule has 3 aliphatic heterocycles. The van der Waals surface area contributed by atoms with Crippen LogP contribution in [-0.4, -0.2) is 75.3 Å². The second kappa shape index (κ2) is 5.95. The van der Waals surface area contributed by atoms with Crippen molar-refractivity contribution in [3.8, 4) is 0 Å². The molecule has 0 radical (unpaired) electrons. The number of nitrogens with zero attached hydrogens (tertiary/aromatic N) is 6. The highest BCUT2D eigenvalue weighted by Crippen LogP contribution is 2.56. The molecule has 162 valence electrons. The first kappa shape index (κ1) is 17.9. The molecule has 0 atom stereocenters. The normalized spacial score (nSPS) is 25.8. The van der Waals surface area contributed by atoms with E-state index in [0.717, 1.165) is 69.4 Å². The third kappa shape index (κ3) is 2.78. The number of carbonyl (C=O) groups is 1. The fourth-order valence-electron chi connectivity index (χ4n) is 6.15. The Labute approximate surface area is 179 Å². The Balaban J connectivity index is 0.881. The molecule has 2 amide bonds. The van der Waals surface area contributed by atoms with Gasteiger partial charge in [0.25, 0.3) is 0 Å². The number of anilines is 1. The van der Waals surface area contributed by atoms with E-state index in [-0.39, 0.29) is 17.3 Å². The maximum atomic E-state index is 13.4. The number of amides is 2. The predicted octanol–water partition coefficient (Wildman–Crippen LogP) is 2.34. The zero-order valence-electron chi connectivity index (χ0n) is 17.4. The van der Waals surface area contributed by atoms with Crippen molar-refractivity contribution in [1.29, 1.82) is 0 Å². The molecular weight excluding hydrogens is 397 g/mol. The van der Waals surface area contributed by atoms with E-state index >= 15 is 0 Å². The summed E-state index contributed by atoms with van der Waals surface area (Å²) in [7, 11) is 0. The van der Waals surface area contributed by atoms with Crippen LogP contribution in [-0.2, 0) is 0 Å². The summed E-state index contributed by atoms with van der Waals surface area (Å²) in [6.45, 7) is 5.08. The van der Waals surface area contributed by atoms with Gasteiger partial charge in [-0.1, -0.05) is 0 Å². The third-order valence-electron chi connectivity index (χ3n) is 7.96. The summed E-state index contributed by atoms with van der Waals surface area (Å²) in [5.41, 5.74) is 1.30. The van der Waals surface area contributed by atoms with Gasteiger partial charge in [0.1, 0.15) is 11.6 Å². The van der Waals surface area contributed by atoms with Crippen molar-refractivity contribution >= 4 is 11.7 Å². The highest BCUT2D eigenvalue weighted by Gasteiger charge is 2.58. The first-order chi connectivity index (χ1) is 15.0. The minimum atomic E-state index is -0.305. The fraction of sp³-hybridized carbons (Fsp3) is 0.636. The number of hydrogen-bond acceptors (Lipinski definition) is 5. The first-order valence-electron chi connectivity index (χ1n) is 11.3. The number of carbonyl (C=O) groups excluding carboxylic acids is 1. The van der Waals surface area contributed by atoms with Crippen molar-refractivity contribution < 1.29 is 9.18 Å². The molecule has 2 saturated carbocycles. The molecule has 1 N–H and O–H groups in total. The van der Waals surface area contributed by atoms with Crippen LogP contribution < -0.4 is 4.90 Å². The molecule has 2 aliphatic carbocycles. The summed E-state index contributed by atoms with van der Waals surface area (Å²) < 4.78 is 13.4. The summed E-state index contributed by atoms with van der Waals surface area (Å²) in [5, 5.41) is 7.55. The molecule has 2 aromatic rings. The predicted molar refractivity (Wildman–Crippen MR) is 110 cm³/mol. The van der Waals surface area contributed by atoms with Crippen molar-refractivity contribution in [1.82, 2.24) is 30.0 Å². The van der Waals surface area contributed by atoms with Gasteiger partial charge >= 0.3 is 6.03 Å². The van der Waals surface area contributed by atoms with Crippen LogP contribution >= 0.6 is 0 Å². The second-order valence-corrected chi connectivity index (χ2v) is 10.7. The van der Waals surface area contributed by atoms with Crippen LogP contribution in [0.2, 0.25) is 0 Å². The van der Waals surface area contributed by atoms with Gasteiger partial charge in [-0.2, -0.15) is 5.10 Å². The Morgan fingerprint density at radius 1 is 1.00 bits per heavy atom. The van der Waals surface area contributed by atoms with E-state index in [2.05, 4.69) is 20.1 Å². The Kier molecular flexibility index (Phi) is 3.44. The standard InChI is InChI=1S/C22H26FN7O/c23-16-3-17(7-24-6-16)28-10-22(11-28)12-30(13-22)20(31)29-8-21(9-29)4-15(5-21)19-25-18(26-27-19)14-1-2-14/h3,6-7,14-15H,1-2,4-5,8-13H2,(H,25,26,27). The van der Waals surface area contributed by atoms with Gasteiger partial charge in [-0.3, -0.25) is 10.1 Å². The quantitative estimate of drug-likeness (QED) is 0.820. The monoisotopic (exact) mass is 423 g/mol. The van der Waals surface area contributed by atoms with Gasteiger partial charge in [0.2, 0.25) is 0 Å². The first-order valence-corrected chi connectivity index (χ1v) is 11.3. The Morgan fingerprint density at radius 3 is 2.39 bits per heavy atom. The van der Waals surface area contributed by atoms with Gasteiger partial charge in [-0.15, -0.1) is 0 Å². The van der Waals surface area contributed by atoms with Gasteiger partial charge in [0, 0.05) is 68.0 Å². The van der Waals surface area contributed by atoms with E-state index in [4.69, 9.17) is 4.98 Å². The Hall–Kier alpha value is -2.71. The zero-order chi connectivity index (χ0) is 20.8. The number of nitrogens with one attached hydrogen (secondary N) is 1. The number of aromatic nitrogens is 4. The summed E-state index contributed by atoms with van der Waals surface area (Å²) >= 11 is 0. The number of H-pyrrole nitrogens is 1. The Bertz CT molecular complexity index is 1040. The number of likely N-dealkylation sites (tertiary alicyclic amines) is 2. The van der Waals surface area contributed by atoms with Crippen LogP contribution in [0, 0.1) is 16.6 Å². The summed E-state index contributed by atoms with van der Waals surface area (Å²) in [6.07, 6.45) is 7.59. The topological polar surface area (TPSA) is 81.2 Å². The highest BCUT2D eigenvalue weighted by molar-refractivity contribution is 5.77. The van der Waals surface area contributed by atoms with Crippen molar-refractivity contribution in [2.24, 2.45) is 10.8 Å². The molecule has 7 rings (SSSR count). The lowest BCUT2D eigenvalue weighted by Crippen LogP contribution is -2.76. The number of rotatable bonds is 3. The third-order valence-corrected chi connectivity index (χ3v) is 7.96. The lowest BCUT2D eigenvalue weighted by molar-refractivity contribution is -0.0745. The molecule has 2 spiro atoms. The van der Waals surface area contributed by atoms with Gasteiger partial charge in [0.15, 0.2) is 5.82 Å². The maximum absolute atomic E-state index is 13.4. The molecule has 9 heteroatoms. The van der Waals surface area contributed by atoms with Crippen molar-refractivity contribution in [3.05, 3.63) is 35.9 Å². The molecule has 5 aliphatic rings. The number of aromatic amines is 1. The zero-order valence-corrected chi connectivity index (χ0v) is 17.4. The average molecular weight is 423 g/mol. The van der Waals surface area contributed by atoms with E-state index in [0.29, 0.717) is 17.3 Å². The largest absolute Gasteiger partial charge is 0.369 e. The van der Waals surface area contributed by atoms with Crippen molar-refractivity contribution in [3.63, 3.8) is 0 Å². The number of urea groups is 1. The molecule has 5 fully saturated rings. The minimum absolute atomic E-state index is 0.178. The molecule has 5 heterocycles. The number of pyridine rings is 1. The molecule has 3 saturated heterocycles. The smallest absolute Gasteiger partial charge is 0.320 e. The second-order valence-electron chi connectivity index (χ2n) is 10.7. The van der Waals surface area contributed by atoms with E-state index < -0.39 is 0 Å². The van der Waals surface area contributed by atoms with Crippen LogP contribution in [0.15, 0.2) is 18.5 Å². The highest BCUT2D eigenvalue weighted by atomic mass is 19.1. The van der Waals surface area contributed by atoms with Crippen LogP contribution in [0.4, 0.5) is 14.9 Å².